The van der Waals surface area contributed by atoms with E-state index in [1.54, 1.807) is 0 Å². The lowest BCUT2D eigenvalue weighted by Gasteiger charge is -2.02. The minimum absolute atomic E-state index is 0. The molecule has 0 unspecified atom stereocenters. The molecule has 0 fully saturated rings. The van der Waals surface area contributed by atoms with E-state index in [9.17, 15) is 44.7 Å². The molecule has 2 aromatic rings. The summed E-state index contributed by atoms with van der Waals surface area (Å²) in [4.78, 5) is 19.5. The number of phenols is 1. The van der Waals surface area contributed by atoms with Crippen molar-refractivity contribution in [3.63, 3.8) is 0 Å². The molecular weight excluding hydrogens is 482 g/mol. The Hall–Kier alpha value is -3.29. The summed E-state index contributed by atoms with van der Waals surface area (Å²) in [7, 11) is 8.79. The van der Waals surface area contributed by atoms with Crippen LogP contribution in [-0.4, -0.2) is 47.7 Å². The number of carbonyl (C=O) groups is 2. The van der Waals surface area contributed by atoms with Crippen molar-refractivity contribution in [1.82, 2.24) is 5.32 Å². The zero-order valence-corrected chi connectivity index (χ0v) is 17.5. The first-order chi connectivity index (χ1) is 17.7. The Labute approximate surface area is 198 Å². The van der Waals surface area contributed by atoms with E-state index in [1.165, 1.54) is 13.6 Å². The van der Waals surface area contributed by atoms with Crippen LogP contribution in [0.1, 0.15) is 5.48 Å². The quantitative estimate of drug-likeness (QED) is 0.239. The third-order valence-corrected chi connectivity index (χ3v) is 2.38. The van der Waals surface area contributed by atoms with Gasteiger partial charge in [-0.05, 0) is 7.02 Å². The van der Waals surface area contributed by atoms with Crippen molar-refractivity contribution in [3.05, 3.63) is 58.7 Å². The lowest BCUT2D eigenvalue weighted by atomic mass is 10.2. The van der Waals surface area contributed by atoms with Gasteiger partial charge in [0.15, 0.2) is 30.4 Å². The van der Waals surface area contributed by atoms with E-state index in [0.29, 0.717) is 0 Å². The van der Waals surface area contributed by atoms with Crippen LogP contribution < -0.4 is 15.8 Å². The predicted octanol–water partition coefficient (Wildman–Crippen LogP) is 3.07. The normalized spacial score (nSPS) is 9.74. The Morgan fingerprint density at radius 2 is 1.21 bits per heavy atom. The van der Waals surface area contributed by atoms with E-state index < -0.39 is 70.9 Å². The summed E-state index contributed by atoms with van der Waals surface area (Å²) >= 11 is 0. The molecule has 4 radical (unpaired) electrons. The van der Waals surface area contributed by atoms with Gasteiger partial charge in [0.25, 0.3) is 6.45 Å². The molecule has 0 aliphatic rings. The minimum atomic E-state index is -1.86. The number of aromatic hydroxyl groups is 1. The van der Waals surface area contributed by atoms with E-state index >= 15 is 0 Å². The highest BCUT2D eigenvalue weighted by Gasteiger charge is 2.20. The summed E-state index contributed by atoms with van der Waals surface area (Å²) in [5.74, 6) is -17.1. The summed E-state index contributed by atoms with van der Waals surface area (Å²) < 4.78 is 127. The number of nitrogens with one attached hydrogen (secondary N) is 1. The summed E-state index contributed by atoms with van der Waals surface area (Å²) in [5.41, 5.74) is 4.51. The molecule has 34 heavy (non-hydrogen) atoms. The maximum atomic E-state index is 12.7. The molecule has 0 spiro atoms. The van der Waals surface area contributed by atoms with E-state index in [2.05, 4.69) is 26.2 Å². The van der Waals surface area contributed by atoms with Gasteiger partial charge in [0.05, 0.1) is 15.7 Å². The van der Waals surface area contributed by atoms with Crippen LogP contribution in [0, 0.1) is 46.5 Å². The number of halogens is 8. The average Bonchev–Trinajstić information content (AvgIpc) is 2.86. The van der Waals surface area contributed by atoms with Crippen molar-refractivity contribution in [2.24, 2.45) is 5.73 Å². The monoisotopic (exact) mass is 506 g/mol. The molecule has 1 amide bonds. The molecule has 0 bridgehead atoms. The van der Waals surface area contributed by atoms with Gasteiger partial charge in [-0.1, -0.05) is 13.6 Å². The maximum absolute atomic E-state index is 12.7. The van der Waals surface area contributed by atoms with Crippen molar-refractivity contribution in [2.75, 3.05) is 14.0 Å². The first-order valence-electron chi connectivity index (χ1n) is 10.3. The summed E-state index contributed by atoms with van der Waals surface area (Å²) in [5, 5.41) is 10.2. The zero-order chi connectivity index (χ0) is 31.2. The highest BCUT2D eigenvalue weighted by molar-refractivity contribution is 6.05. The molecule has 4 N–H and O–H groups in total. The van der Waals surface area contributed by atoms with E-state index in [-0.39, 0.29) is 26.2 Å². The second-order valence-corrected chi connectivity index (χ2v) is 4.08. The number of hydrogen-bond donors (Lipinski definition) is 3. The molecule has 6 nitrogen and oxygen atoms in total. The van der Waals surface area contributed by atoms with Gasteiger partial charge in [-0.15, -0.1) is 0 Å². The fraction of sp³-hybridized carbons (Fsp3) is 0.222. The zero-order valence-electron chi connectivity index (χ0n) is 21.5. The highest BCUT2D eigenvalue weighted by atomic mass is 19.2. The Kier molecular flexibility index (Phi) is 19.3. The number of benzene rings is 2. The Morgan fingerprint density at radius 1 is 0.882 bits per heavy atom. The molecule has 188 valence electrons. The van der Waals surface area contributed by atoms with Crippen LogP contribution in [-0.2, 0) is 9.59 Å². The highest BCUT2D eigenvalue weighted by Crippen LogP contribution is 2.26. The van der Waals surface area contributed by atoms with Crippen LogP contribution in [0.5, 0.6) is 11.5 Å². The molecular formula is C18H20B2F8N2O4. The van der Waals surface area contributed by atoms with Gasteiger partial charge < -0.3 is 20.9 Å². The number of amides is 1. The first-order valence-corrected chi connectivity index (χ1v) is 7.87. The fourth-order valence-corrected chi connectivity index (χ4v) is 1.24. The fourth-order valence-electron chi connectivity index (χ4n) is 1.24. The van der Waals surface area contributed by atoms with E-state index in [0.717, 1.165) is 0 Å². The third kappa shape index (κ3) is 13.3. The SMILES string of the molecule is Oc1c(F)c(F)cc(F)c1F.[2H]C(=O)Oc1c(F)c(F)cc(F)c1F.[2H]CN.[2H]CNC([2H])=O.[B]C.[B]C. The van der Waals surface area contributed by atoms with Crippen LogP contribution >= 0.6 is 0 Å². The van der Waals surface area contributed by atoms with Crippen LogP contribution in [0.2, 0.25) is 13.6 Å². The standard InChI is InChI=1S/C7H2F4O2.C6H2F4O.C2H5NO.2CH3B.CH5N/c8-3-1-4(9)6(11)7(5(3)10)13-2-12;7-2-1-3(8)5(10)6(11)4(2)9;1-3-2-4;3*1-2/h1-2H;1,11H;2H,1H3,(H,3,4);2*1H3;2H2,1H3/i2D;;1D,2D;;;1D. The molecule has 0 aliphatic heterocycles. The van der Waals surface area contributed by atoms with Crippen LogP contribution in [0.3, 0.4) is 0 Å². The molecule has 16 heteroatoms. The Morgan fingerprint density at radius 3 is 1.44 bits per heavy atom. The first kappa shape index (κ1) is 28.7. The van der Waals surface area contributed by atoms with E-state index in [1.807, 2.05) is 5.32 Å². The Balaban J connectivity index is -0.000000214. The second kappa shape index (κ2) is 22.9. The average molecular weight is 506 g/mol. The largest absolute Gasteiger partial charge is 0.503 e. The molecule has 0 heterocycles. The lowest BCUT2D eigenvalue weighted by Crippen LogP contribution is -2.01. The number of carbonyl (C=O) groups excluding carboxylic acids is 2. The van der Waals surface area contributed by atoms with Crippen molar-refractivity contribution in [2.45, 2.75) is 13.6 Å². The minimum Gasteiger partial charge on any atom is -0.503 e. The van der Waals surface area contributed by atoms with Crippen LogP contribution in [0.15, 0.2) is 12.1 Å². The molecule has 2 aromatic carbocycles. The van der Waals surface area contributed by atoms with Crippen molar-refractivity contribution >= 4 is 28.5 Å². The number of hydrogen-bond acceptors (Lipinski definition) is 5. The Bertz CT molecular complexity index is 950. The molecule has 0 aromatic heterocycles. The maximum Gasteiger partial charge on any atom is 0.298 e. The topological polar surface area (TPSA) is 102 Å². The molecule has 2 rings (SSSR count). The lowest BCUT2D eigenvalue weighted by molar-refractivity contribution is -0.121. The van der Waals surface area contributed by atoms with Gasteiger partial charge in [0.1, 0.15) is 1.37 Å². The van der Waals surface area contributed by atoms with Gasteiger partial charge >= 0.3 is 0 Å². The number of phenolic OH excluding ortho intramolecular Hbond substituents is 1. The van der Waals surface area contributed by atoms with Gasteiger partial charge in [-0.3, -0.25) is 9.59 Å². The smallest absolute Gasteiger partial charge is 0.298 e. The van der Waals surface area contributed by atoms with Crippen molar-refractivity contribution in [1.29, 1.82) is 0 Å². The van der Waals surface area contributed by atoms with Crippen LogP contribution in [0.4, 0.5) is 35.1 Å². The third-order valence-electron chi connectivity index (χ3n) is 2.38. The number of nitrogens with two attached hydrogens (primary N) is 1. The van der Waals surface area contributed by atoms with Crippen molar-refractivity contribution in [3.8, 4) is 11.5 Å². The molecule has 0 saturated carbocycles. The summed E-state index contributed by atoms with van der Waals surface area (Å²) in [6.07, 6.45) is -2.72. The molecule has 0 aliphatic carbocycles. The van der Waals surface area contributed by atoms with Crippen molar-refractivity contribution < 1.29 is 60.0 Å². The number of ether oxygens (including phenoxy) is 1. The van der Waals surface area contributed by atoms with E-state index in [4.69, 9.17) is 10.6 Å². The summed E-state index contributed by atoms with van der Waals surface area (Å²) in [6, 6.07) is -0.0175. The molecule has 0 atom stereocenters. The number of rotatable bonds is 1. The van der Waals surface area contributed by atoms with Gasteiger partial charge in [0, 0.05) is 21.9 Å². The van der Waals surface area contributed by atoms with Gasteiger partial charge in [-0.25, -0.2) is 17.6 Å². The second-order valence-electron chi connectivity index (χ2n) is 4.08. The van der Waals surface area contributed by atoms with Gasteiger partial charge in [0.2, 0.25) is 35.4 Å². The summed E-state index contributed by atoms with van der Waals surface area (Å²) in [6.45, 7) is 3.00. The van der Waals surface area contributed by atoms with Gasteiger partial charge in [-0.2, -0.15) is 17.6 Å². The predicted molar refractivity (Wildman–Crippen MR) is 109 cm³/mol. The molecule has 0 saturated heterocycles. The van der Waals surface area contributed by atoms with Crippen LogP contribution in [0.25, 0.3) is 0 Å².